The highest BCUT2D eigenvalue weighted by atomic mass is 16.2. The van der Waals surface area contributed by atoms with Gasteiger partial charge in [-0.15, -0.1) is 0 Å². The number of fused-ring (bicyclic) bond motifs is 1. The van der Waals surface area contributed by atoms with E-state index in [1.165, 1.54) is 17.5 Å². The highest BCUT2D eigenvalue weighted by molar-refractivity contribution is 5.92. The fourth-order valence-electron chi connectivity index (χ4n) is 5.05. The van der Waals surface area contributed by atoms with Gasteiger partial charge in [-0.1, -0.05) is 30.3 Å². The summed E-state index contributed by atoms with van der Waals surface area (Å²) in [4.78, 5) is 26.1. The number of nitrogens with one attached hydrogen (secondary N) is 1. The van der Waals surface area contributed by atoms with Crippen LogP contribution in [-0.2, 0) is 17.6 Å². The van der Waals surface area contributed by atoms with Crippen molar-refractivity contribution in [3.8, 4) is 16.9 Å². The van der Waals surface area contributed by atoms with Crippen molar-refractivity contribution < 1.29 is 4.79 Å². The number of carbonyl (C=O) groups is 1. The molecule has 8 nitrogen and oxygen atoms in total. The van der Waals surface area contributed by atoms with Crippen LogP contribution in [0.3, 0.4) is 0 Å². The Morgan fingerprint density at radius 3 is 2.44 bits per heavy atom. The zero-order valence-electron chi connectivity index (χ0n) is 20.2. The van der Waals surface area contributed by atoms with Crippen molar-refractivity contribution in [2.24, 2.45) is 0 Å². The smallest absolute Gasteiger partial charge is 0.239 e. The van der Waals surface area contributed by atoms with E-state index in [4.69, 9.17) is 5.10 Å². The Kier molecular flexibility index (Phi) is 6.17. The van der Waals surface area contributed by atoms with Gasteiger partial charge in [-0.25, -0.2) is 14.6 Å². The van der Waals surface area contributed by atoms with Gasteiger partial charge in [0.25, 0.3) is 0 Å². The number of hydrogen-bond acceptors (Lipinski definition) is 6. The third-order valence-electron chi connectivity index (χ3n) is 6.95. The Morgan fingerprint density at radius 2 is 1.64 bits per heavy atom. The molecule has 1 amide bonds. The third-order valence-corrected chi connectivity index (χ3v) is 6.95. The number of carbonyl (C=O) groups excluding carboxylic acids is 1. The van der Waals surface area contributed by atoms with Gasteiger partial charge in [-0.3, -0.25) is 9.69 Å². The molecule has 8 heteroatoms. The van der Waals surface area contributed by atoms with Crippen LogP contribution in [0.25, 0.3) is 16.9 Å². The molecule has 6 rings (SSSR count). The minimum absolute atomic E-state index is 0.0444. The van der Waals surface area contributed by atoms with Gasteiger partial charge < -0.3 is 10.2 Å². The van der Waals surface area contributed by atoms with Gasteiger partial charge in [0.1, 0.15) is 5.82 Å². The molecule has 0 bridgehead atoms. The molecule has 1 N–H and O–H groups in total. The highest BCUT2D eigenvalue weighted by Crippen LogP contribution is 2.30. The van der Waals surface area contributed by atoms with E-state index in [-0.39, 0.29) is 5.91 Å². The minimum Gasteiger partial charge on any atom is -0.338 e. The number of anilines is 2. The number of aryl methyl sites for hydroxylation is 2. The SMILES string of the molecule is O=C(CN1CCN(c2ncccn2)CC1)Nc1cc(-c2ccc3c(c2)CCC3)nn1-c1ccccc1. The third kappa shape index (κ3) is 4.72. The molecule has 36 heavy (non-hydrogen) atoms. The second-order valence-electron chi connectivity index (χ2n) is 9.36. The number of aromatic nitrogens is 4. The predicted octanol–water partition coefficient (Wildman–Crippen LogP) is 3.58. The van der Waals surface area contributed by atoms with E-state index >= 15 is 0 Å². The van der Waals surface area contributed by atoms with Gasteiger partial charge in [0, 0.05) is 50.2 Å². The molecule has 1 saturated heterocycles. The number of nitrogens with zero attached hydrogens (tertiary/aromatic N) is 6. The molecule has 4 aromatic rings. The molecule has 1 aliphatic carbocycles. The first-order valence-electron chi connectivity index (χ1n) is 12.5. The zero-order valence-corrected chi connectivity index (χ0v) is 20.2. The molecule has 2 aromatic heterocycles. The Bertz CT molecular complexity index is 1350. The summed E-state index contributed by atoms with van der Waals surface area (Å²) in [5.41, 5.74) is 5.71. The van der Waals surface area contributed by atoms with Gasteiger partial charge in [-0.2, -0.15) is 5.10 Å². The van der Waals surface area contributed by atoms with Crippen molar-refractivity contribution in [1.82, 2.24) is 24.6 Å². The Hall–Kier alpha value is -4.04. The average Bonchev–Trinajstić information content (AvgIpc) is 3.57. The normalized spacial score (nSPS) is 15.6. The maximum Gasteiger partial charge on any atom is 0.239 e. The van der Waals surface area contributed by atoms with Crippen LogP contribution in [0, 0.1) is 0 Å². The van der Waals surface area contributed by atoms with Crippen molar-refractivity contribution in [2.45, 2.75) is 19.3 Å². The summed E-state index contributed by atoms with van der Waals surface area (Å²) in [5, 5.41) is 8.01. The number of para-hydroxylation sites is 1. The van der Waals surface area contributed by atoms with Crippen LogP contribution in [0.5, 0.6) is 0 Å². The van der Waals surface area contributed by atoms with E-state index in [1.54, 1.807) is 12.4 Å². The fourth-order valence-corrected chi connectivity index (χ4v) is 5.05. The number of hydrogen-bond donors (Lipinski definition) is 1. The van der Waals surface area contributed by atoms with Gasteiger partial charge in [-0.05, 0) is 54.7 Å². The van der Waals surface area contributed by atoms with Crippen molar-refractivity contribution >= 4 is 17.7 Å². The van der Waals surface area contributed by atoms with Crippen LogP contribution >= 0.6 is 0 Å². The number of rotatable bonds is 6. The maximum atomic E-state index is 13.1. The molecule has 3 heterocycles. The minimum atomic E-state index is -0.0444. The Morgan fingerprint density at radius 1 is 0.861 bits per heavy atom. The lowest BCUT2D eigenvalue weighted by atomic mass is 10.0. The second kappa shape index (κ2) is 9.91. The molecule has 0 saturated carbocycles. The van der Waals surface area contributed by atoms with Gasteiger partial charge in [0.05, 0.1) is 17.9 Å². The standard InChI is InChI=1S/C28H29N7O/c36-27(20-33-14-16-34(17-15-33)28-29-12-5-13-30-28)31-26-19-25(32-35(26)24-8-2-1-3-9-24)23-11-10-21-6-4-7-22(21)18-23/h1-3,5,8-13,18-19H,4,6-7,14-17,20H2,(H,31,36). The first-order chi connectivity index (χ1) is 17.7. The van der Waals surface area contributed by atoms with Crippen LogP contribution < -0.4 is 10.2 Å². The second-order valence-corrected chi connectivity index (χ2v) is 9.36. The van der Waals surface area contributed by atoms with E-state index in [0.29, 0.717) is 12.4 Å². The van der Waals surface area contributed by atoms with Crippen molar-refractivity contribution in [2.75, 3.05) is 42.9 Å². The summed E-state index contributed by atoms with van der Waals surface area (Å²) >= 11 is 0. The molecule has 2 aromatic carbocycles. The van der Waals surface area contributed by atoms with Gasteiger partial charge in [0.15, 0.2) is 0 Å². The summed E-state index contributed by atoms with van der Waals surface area (Å²) in [6, 6.07) is 20.3. The maximum absolute atomic E-state index is 13.1. The van der Waals surface area contributed by atoms with Crippen LogP contribution in [0.1, 0.15) is 17.5 Å². The van der Waals surface area contributed by atoms with E-state index < -0.39 is 0 Å². The van der Waals surface area contributed by atoms with Crippen LogP contribution in [0.4, 0.5) is 11.8 Å². The quantitative estimate of drug-likeness (QED) is 0.456. The summed E-state index contributed by atoms with van der Waals surface area (Å²) < 4.78 is 1.82. The van der Waals surface area contributed by atoms with Gasteiger partial charge >= 0.3 is 0 Å². The lowest BCUT2D eigenvalue weighted by Gasteiger charge is -2.34. The number of amides is 1. The molecular formula is C28H29N7O. The summed E-state index contributed by atoms with van der Waals surface area (Å²) in [6.45, 7) is 3.48. The molecule has 0 spiro atoms. The van der Waals surface area contributed by atoms with Crippen LogP contribution in [0.2, 0.25) is 0 Å². The summed E-state index contributed by atoms with van der Waals surface area (Å²) in [5.74, 6) is 1.38. The van der Waals surface area contributed by atoms with E-state index in [1.807, 2.05) is 47.1 Å². The van der Waals surface area contributed by atoms with E-state index in [9.17, 15) is 4.79 Å². The monoisotopic (exact) mass is 479 g/mol. The lowest BCUT2D eigenvalue weighted by Crippen LogP contribution is -2.49. The highest BCUT2D eigenvalue weighted by Gasteiger charge is 2.22. The van der Waals surface area contributed by atoms with Crippen molar-refractivity contribution in [1.29, 1.82) is 0 Å². The summed E-state index contributed by atoms with van der Waals surface area (Å²) in [6.07, 6.45) is 7.01. The molecular weight excluding hydrogens is 450 g/mol. The molecule has 1 fully saturated rings. The Labute approximate surface area is 210 Å². The van der Waals surface area contributed by atoms with Crippen LogP contribution in [0.15, 0.2) is 73.1 Å². The van der Waals surface area contributed by atoms with Gasteiger partial charge in [0.2, 0.25) is 11.9 Å². The van der Waals surface area contributed by atoms with E-state index in [0.717, 1.165) is 61.9 Å². The van der Waals surface area contributed by atoms with E-state index in [2.05, 4.69) is 43.3 Å². The molecule has 1 aliphatic heterocycles. The fraction of sp³-hybridized carbons (Fsp3) is 0.286. The summed E-state index contributed by atoms with van der Waals surface area (Å²) in [7, 11) is 0. The molecule has 0 atom stereocenters. The predicted molar refractivity (Wildman–Crippen MR) is 140 cm³/mol. The zero-order chi connectivity index (χ0) is 24.3. The first-order valence-corrected chi connectivity index (χ1v) is 12.5. The molecule has 182 valence electrons. The number of piperazine rings is 1. The number of benzene rings is 2. The average molecular weight is 480 g/mol. The largest absolute Gasteiger partial charge is 0.338 e. The van der Waals surface area contributed by atoms with Crippen molar-refractivity contribution in [3.63, 3.8) is 0 Å². The topological polar surface area (TPSA) is 79.2 Å². The molecule has 0 radical (unpaired) electrons. The van der Waals surface area contributed by atoms with Crippen molar-refractivity contribution in [3.05, 3.63) is 84.2 Å². The first kappa shape index (κ1) is 22.4. The Balaban J connectivity index is 1.17. The molecule has 2 aliphatic rings. The van der Waals surface area contributed by atoms with Crippen LogP contribution in [-0.4, -0.2) is 63.3 Å². The lowest BCUT2D eigenvalue weighted by molar-refractivity contribution is -0.117. The molecule has 0 unspecified atom stereocenters.